The number of β-lactam (4-membered cyclic amide) rings is 1. The van der Waals surface area contributed by atoms with Crippen LogP contribution >= 0.6 is 11.3 Å². The largest absolute Gasteiger partial charge is 0.477 e. The average Bonchev–Trinajstić information content (AvgIpc) is 3.08. The van der Waals surface area contributed by atoms with Crippen LogP contribution in [0, 0.1) is 0 Å². The Morgan fingerprint density at radius 3 is 2.85 bits per heavy atom. The van der Waals surface area contributed by atoms with E-state index in [1.807, 2.05) is 0 Å². The number of hydrogen-bond donors (Lipinski definition) is 4. The van der Waals surface area contributed by atoms with Gasteiger partial charge in [0.1, 0.15) is 24.5 Å². The van der Waals surface area contributed by atoms with Crippen LogP contribution in [-0.4, -0.2) is 69.4 Å². The van der Waals surface area contributed by atoms with Gasteiger partial charge in [-0.2, -0.15) is 0 Å². The van der Waals surface area contributed by atoms with E-state index in [1.165, 1.54) is 12.5 Å². The monoisotopic (exact) mass is 395 g/mol. The molecule has 2 aliphatic heterocycles. The molecule has 1 fully saturated rings. The van der Waals surface area contributed by atoms with Gasteiger partial charge in [-0.1, -0.05) is 5.16 Å². The lowest BCUT2D eigenvalue weighted by Crippen LogP contribution is -2.72. The molecule has 5 N–H and O–H groups in total. The van der Waals surface area contributed by atoms with Gasteiger partial charge in [-0.15, -0.1) is 11.3 Å². The van der Waals surface area contributed by atoms with Gasteiger partial charge < -0.3 is 26.1 Å². The van der Waals surface area contributed by atoms with Crippen LogP contribution < -0.4 is 11.1 Å². The number of thiazole rings is 1. The minimum Gasteiger partial charge on any atom is -0.477 e. The zero-order valence-electron chi connectivity index (χ0n) is 14.2. The molecule has 0 spiro atoms. The minimum absolute atomic E-state index is 0.141. The lowest BCUT2D eigenvalue weighted by Gasteiger charge is -2.50. The van der Waals surface area contributed by atoms with Crippen LogP contribution in [0.2, 0.25) is 0 Å². The highest BCUT2D eigenvalue weighted by Crippen LogP contribution is 2.36. The van der Waals surface area contributed by atoms with Crippen molar-refractivity contribution in [2.45, 2.75) is 24.9 Å². The number of carboxylic acid groups (broad SMARTS) is 1. The van der Waals surface area contributed by atoms with Crippen molar-refractivity contribution >= 4 is 40.0 Å². The molecule has 1 aromatic heterocycles. The SMILES string of the molecule is CO/N=C(/C(=O)NC1C(=O)N2C(C(=O)O)=C(CO)CCC12)c1csc(N)n1. The molecule has 0 aliphatic carbocycles. The molecular weight excluding hydrogens is 378 g/mol. The third-order valence-electron chi connectivity index (χ3n) is 4.38. The summed E-state index contributed by atoms with van der Waals surface area (Å²) in [4.78, 5) is 46.2. The molecule has 2 atom stereocenters. The van der Waals surface area contributed by atoms with Crippen molar-refractivity contribution in [3.8, 4) is 0 Å². The van der Waals surface area contributed by atoms with Crippen molar-refractivity contribution < 1.29 is 29.4 Å². The maximum absolute atomic E-state index is 12.6. The normalized spacial score (nSPS) is 22.2. The third kappa shape index (κ3) is 3.24. The van der Waals surface area contributed by atoms with E-state index in [-0.39, 0.29) is 27.8 Å². The van der Waals surface area contributed by atoms with Crippen LogP contribution in [0.4, 0.5) is 5.13 Å². The Hall–Kier alpha value is -2.99. The molecule has 2 unspecified atom stereocenters. The molecule has 3 rings (SSSR count). The van der Waals surface area contributed by atoms with Gasteiger partial charge in [0.15, 0.2) is 10.8 Å². The summed E-state index contributed by atoms with van der Waals surface area (Å²) in [5.41, 5.74) is 5.70. The zero-order valence-corrected chi connectivity index (χ0v) is 15.0. The van der Waals surface area contributed by atoms with Crippen molar-refractivity contribution in [2.24, 2.45) is 5.16 Å². The average molecular weight is 395 g/mol. The molecule has 27 heavy (non-hydrogen) atoms. The fraction of sp³-hybridized carbons (Fsp3) is 0.400. The number of aromatic nitrogens is 1. The highest BCUT2D eigenvalue weighted by atomic mass is 32.1. The Bertz CT molecular complexity index is 863. The number of anilines is 1. The molecule has 0 radical (unpaired) electrons. The molecule has 3 heterocycles. The van der Waals surface area contributed by atoms with Crippen LogP contribution in [0.25, 0.3) is 0 Å². The van der Waals surface area contributed by atoms with E-state index in [2.05, 4.69) is 20.3 Å². The number of aliphatic hydroxyl groups excluding tert-OH is 1. The lowest BCUT2D eigenvalue weighted by atomic mass is 9.83. The summed E-state index contributed by atoms with van der Waals surface area (Å²) < 4.78 is 0. The summed E-state index contributed by atoms with van der Waals surface area (Å²) in [5.74, 6) is -2.54. The van der Waals surface area contributed by atoms with Crippen LogP contribution in [0.1, 0.15) is 18.5 Å². The molecule has 1 aromatic rings. The number of carbonyl (C=O) groups is 3. The number of oxime groups is 1. The quantitative estimate of drug-likeness (QED) is 0.267. The number of amides is 2. The topological polar surface area (TPSA) is 167 Å². The van der Waals surface area contributed by atoms with E-state index in [0.29, 0.717) is 12.8 Å². The lowest BCUT2D eigenvalue weighted by molar-refractivity contribution is -0.155. The summed E-state index contributed by atoms with van der Waals surface area (Å²) >= 11 is 1.12. The summed E-state index contributed by atoms with van der Waals surface area (Å²) in [6, 6.07) is -1.41. The van der Waals surface area contributed by atoms with E-state index in [0.717, 1.165) is 16.2 Å². The summed E-state index contributed by atoms with van der Waals surface area (Å²) in [6.45, 7) is -0.439. The number of nitrogens with two attached hydrogens (primary N) is 1. The van der Waals surface area contributed by atoms with E-state index in [9.17, 15) is 24.6 Å². The maximum atomic E-state index is 12.6. The predicted octanol–water partition coefficient (Wildman–Crippen LogP) is -1.10. The molecule has 2 aliphatic rings. The molecule has 11 nitrogen and oxygen atoms in total. The number of hydrogen-bond acceptors (Lipinski definition) is 9. The Morgan fingerprint density at radius 2 is 2.30 bits per heavy atom. The molecule has 12 heteroatoms. The summed E-state index contributed by atoms with van der Waals surface area (Å²) in [6.07, 6.45) is 0.740. The Kier molecular flexibility index (Phi) is 5.10. The Labute approximate surface area is 157 Å². The Balaban J connectivity index is 1.79. The highest BCUT2D eigenvalue weighted by Gasteiger charge is 2.53. The second-order valence-corrected chi connectivity index (χ2v) is 6.76. The van der Waals surface area contributed by atoms with Gasteiger partial charge >= 0.3 is 5.97 Å². The van der Waals surface area contributed by atoms with Crippen molar-refractivity contribution in [2.75, 3.05) is 19.5 Å². The number of nitrogens with zero attached hydrogens (tertiary/aromatic N) is 3. The standard InChI is InChI=1S/C15H17N5O6S/c1-26-19-9(7-5-27-15(16)17-7)12(22)18-10-8-3-2-6(4-21)11(14(24)25)20(8)13(10)23/h5,8,10,21H,2-4H2,1H3,(H2,16,17)(H,18,22)(H,24,25)/b19-9+. The van der Waals surface area contributed by atoms with Gasteiger partial charge in [0.2, 0.25) is 0 Å². The first kappa shape index (κ1) is 18.8. The second kappa shape index (κ2) is 7.32. The van der Waals surface area contributed by atoms with Gasteiger partial charge in [0, 0.05) is 5.38 Å². The number of carbonyl (C=O) groups excluding carboxylic acids is 2. The number of nitrogen functional groups attached to an aromatic ring is 1. The van der Waals surface area contributed by atoms with Crippen LogP contribution in [0.3, 0.4) is 0 Å². The van der Waals surface area contributed by atoms with Crippen molar-refractivity contribution in [3.63, 3.8) is 0 Å². The third-order valence-corrected chi connectivity index (χ3v) is 5.05. The smallest absolute Gasteiger partial charge is 0.352 e. The van der Waals surface area contributed by atoms with Crippen molar-refractivity contribution in [1.82, 2.24) is 15.2 Å². The molecule has 0 bridgehead atoms. The molecule has 0 aromatic carbocycles. The number of carboxylic acids is 1. The van der Waals surface area contributed by atoms with E-state index >= 15 is 0 Å². The fourth-order valence-electron chi connectivity index (χ4n) is 3.20. The minimum atomic E-state index is -1.29. The number of fused-ring (bicyclic) bond motifs is 1. The zero-order chi connectivity index (χ0) is 19.7. The molecule has 144 valence electrons. The number of rotatable bonds is 6. The van der Waals surface area contributed by atoms with Gasteiger partial charge in [0.05, 0.1) is 12.6 Å². The van der Waals surface area contributed by atoms with Crippen molar-refractivity contribution in [1.29, 1.82) is 0 Å². The number of nitrogens with one attached hydrogen (secondary N) is 1. The number of aliphatic hydroxyl groups is 1. The van der Waals surface area contributed by atoms with E-state index in [4.69, 9.17) is 5.73 Å². The number of aliphatic carboxylic acids is 1. The van der Waals surface area contributed by atoms with Crippen molar-refractivity contribution in [3.05, 3.63) is 22.3 Å². The van der Waals surface area contributed by atoms with E-state index in [1.54, 1.807) is 0 Å². The van der Waals surface area contributed by atoms with Gasteiger partial charge in [0.25, 0.3) is 11.8 Å². The Morgan fingerprint density at radius 1 is 1.56 bits per heavy atom. The van der Waals surface area contributed by atoms with Gasteiger partial charge in [-0.3, -0.25) is 14.5 Å². The maximum Gasteiger partial charge on any atom is 0.352 e. The van der Waals surface area contributed by atoms with Gasteiger partial charge in [-0.25, -0.2) is 9.78 Å². The van der Waals surface area contributed by atoms with E-state index < -0.39 is 36.5 Å². The predicted molar refractivity (Wildman–Crippen MR) is 93.6 cm³/mol. The first-order chi connectivity index (χ1) is 12.9. The van der Waals surface area contributed by atoms with Gasteiger partial charge in [-0.05, 0) is 18.4 Å². The summed E-state index contributed by atoms with van der Waals surface area (Å²) in [5, 5.41) is 26.6. The molecular formula is C15H17N5O6S. The van der Waals surface area contributed by atoms with Crippen LogP contribution in [-0.2, 0) is 19.2 Å². The van der Waals surface area contributed by atoms with Crippen LogP contribution in [0.5, 0.6) is 0 Å². The molecule has 2 amide bonds. The fourth-order valence-corrected chi connectivity index (χ4v) is 3.74. The highest BCUT2D eigenvalue weighted by molar-refractivity contribution is 7.13. The molecule has 1 saturated heterocycles. The second-order valence-electron chi connectivity index (χ2n) is 5.87. The molecule has 0 saturated carbocycles. The first-order valence-electron chi connectivity index (χ1n) is 7.91. The van der Waals surface area contributed by atoms with Crippen LogP contribution in [0.15, 0.2) is 21.8 Å². The summed E-state index contributed by atoms with van der Waals surface area (Å²) in [7, 11) is 1.26. The first-order valence-corrected chi connectivity index (χ1v) is 8.79.